The molecular formula is C27H23NO6. The van der Waals surface area contributed by atoms with Crippen LogP contribution in [0, 0.1) is 13.8 Å². The van der Waals surface area contributed by atoms with Gasteiger partial charge in [0.15, 0.2) is 16.9 Å². The van der Waals surface area contributed by atoms with Gasteiger partial charge in [0, 0.05) is 22.4 Å². The van der Waals surface area contributed by atoms with E-state index in [0.29, 0.717) is 45.0 Å². The van der Waals surface area contributed by atoms with Crippen molar-refractivity contribution in [3.8, 4) is 22.8 Å². The van der Waals surface area contributed by atoms with E-state index < -0.39 is 5.97 Å². The molecule has 0 bridgehead atoms. The van der Waals surface area contributed by atoms with Crippen LogP contribution in [-0.2, 0) is 0 Å². The molecule has 0 fully saturated rings. The number of hydrogen-bond acceptors (Lipinski definition) is 6. The summed E-state index contributed by atoms with van der Waals surface area (Å²) in [6, 6.07) is 15.6. The minimum absolute atomic E-state index is 0.114. The summed E-state index contributed by atoms with van der Waals surface area (Å²) in [5.74, 6) is 0.690. The SMILES string of the molecule is Cc1cc(C(C)Nc2ccccc2C(=O)O)c2oc(-c3ccc4c(c3)OCO4)c(C)c(=O)c2c1. The summed E-state index contributed by atoms with van der Waals surface area (Å²) in [5, 5.41) is 13.3. The maximum atomic E-state index is 13.4. The van der Waals surface area contributed by atoms with Gasteiger partial charge in [0.25, 0.3) is 0 Å². The van der Waals surface area contributed by atoms with Crippen LogP contribution in [0.5, 0.6) is 11.5 Å². The molecule has 5 rings (SSSR count). The van der Waals surface area contributed by atoms with Crippen molar-refractivity contribution in [1.29, 1.82) is 0 Å². The van der Waals surface area contributed by atoms with E-state index in [4.69, 9.17) is 13.9 Å². The standard InChI is InChI=1S/C27H23NO6/c1-14-10-19(16(3)28-21-7-5-4-6-18(21)27(30)31)26-20(11-14)24(29)15(2)25(34-26)17-8-9-22-23(12-17)33-13-32-22/h4-12,16,28H,13H2,1-3H3,(H,30,31). The topological polar surface area (TPSA) is 98.0 Å². The Bertz CT molecular complexity index is 1500. The Morgan fingerprint density at radius 1 is 1.03 bits per heavy atom. The highest BCUT2D eigenvalue weighted by Gasteiger charge is 2.22. The van der Waals surface area contributed by atoms with Gasteiger partial charge in [0.05, 0.1) is 17.0 Å². The molecule has 0 aliphatic carbocycles. The first-order chi connectivity index (χ1) is 16.3. The van der Waals surface area contributed by atoms with Crippen LogP contribution < -0.4 is 20.2 Å². The lowest BCUT2D eigenvalue weighted by molar-refractivity contribution is 0.0698. The second kappa shape index (κ2) is 8.26. The molecular weight excluding hydrogens is 434 g/mol. The maximum absolute atomic E-state index is 13.4. The number of benzene rings is 3. The number of carbonyl (C=O) groups is 1. The molecule has 1 atom stereocenters. The summed E-state index contributed by atoms with van der Waals surface area (Å²) in [6.45, 7) is 5.73. The molecule has 0 radical (unpaired) electrons. The second-order valence-corrected chi connectivity index (χ2v) is 8.40. The van der Waals surface area contributed by atoms with Crippen LogP contribution in [-0.4, -0.2) is 17.9 Å². The van der Waals surface area contributed by atoms with Gasteiger partial charge in [-0.2, -0.15) is 0 Å². The highest BCUT2D eigenvalue weighted by atomic mass is 16.7. The number of nitrogens with one attached hydrogen (secondary N) is 1. The third kappa shape index (κ3) is 3.65. The quantitative estimate of drug-likeness (QED) is 0.398. The van der Waals surface area contributed by atoms with Crippen LogP contribution in [0.4, 0.5) is 5.69 Å². The molecule has 172 valence electrons. The smallest absolute Gasteiger partial charge is 0.337 e. The van der Waals surface area contributed by atoms with E-state index >= 15 is 0 Å². The normalized spacial score (nSPS) is 13.1. The molecule has 7 nitrogen and oxygen atoms in total. The van der Waals surface area contributed by atoms with Crippen molar-refractivity contribution in [3.05, 3.63) is 87.1 Å². The molecule has 1 aliphatic rings. The number of carboxylic acid groups (broad SMARTS) is 1. The number of aromatic carboxylic acids is 1. The molecule has 1 aromatic heterocycles. The van der Waals surface area contributed by atoms with Crippen LogP contribution in [0.2, 0.25) is 0 Å². The zero-order chi connectivity index (χ0) is 24.0. The Hall–Kier alpha value is -4.26. The third-order valence-electron chi connectivity index (χ3n) is 6.02. The molecule has 1 aliphatic heterocycles. The lowest BCUT2D eigenvalue weighted by Gasteiger charge is -2.20. The number of rotatable bonds is 5. The molecule has 34 heavy (non-hydrogen) atoms. The van der Waals surface area contributed by atoms with Crippen molar-refractivity contribution in [2.24, 2.45) is 0 Å². The molecule has 0 spiro atoms. The zero-order valence-electron chi connectivity index (χ0n) is 19.0. The van der Waals surface area contributed by atoms with Gasteiger partial charge in [0.1, 0.15) is 11.3 Å². The van der Waals surface area contributed by atoms with E-state index in [1.807, 2.05) is 32.0 Å². The first-order valence-electron chi connectivity index (χ1n) is 10.9. The Kier molecular flexibility index (Phi) is 5.24. The lowest BCUT2D eigenvalue weighted by atomic mass is 9.98. The lowest BCUT2D eigenvalue weighted by Crippen LogP contribution is -2.14. The average molecular weight is 457 g/mol. The summed E-state index contributed by atoms with van der Waals surface area (Å²) >= 11 is 0. The van der Waals surface area contributed by atoms with Gasteiger partial charge in [-0.1, -0.05) is 18.2 Å². The fourth-order valence-electron chi connectivity index (χ4n) is 4.31. The number of ether oxygens (including phenoxy) is 2. The molecule has 1 unspecified atom stereocenters. The Labute approximate surface area is 195 Å². The van der Waals surface area contributed by atoms with Gasteiger partial charge in [-0.3, -0.25) is 4.79 Å². The van der Waals surface area contributed by atoms with Crippen molar-refractivity contribution in [2.45, 2.75) is 26.8 Å². The minimum atomic E-state index is -1.02. The van der Waals surface area contributed by atoms with Gasteiger partial charge < -0.3 is 24.3 Å². The largest absolute Gasteiger partial charge is 0.478 e. The molecule has 4 aromatic rings. The molecule has 0 saturated heterocycles. The van der Waals surface area contributed by atoms with E-state index in [2.05, 4.69) is 5.32 Å². The summed E-state index contributed by atoms with van der Waals surface area (Å²) in [5.41, 5.74) is 3.88. The Balaban J connectivity index is 1.66. The number of hydrogen-bond donors (Lipinski definition) is 2. The molecule has 0 saturated carbocycles. The van der Waals surface area contributed by atoms with E-state index in [1.165, 1.54) is 0 Å². The second-order valence-electron chi connectivity index (χ2n) is 8.40. The summed E-state index contributed by atoms with van der Waals surface area (Å²) < 4.78 is 17.3. The minimum Gasteiger partial charge on any atom is -0.478 e. The first kappa shape index (κ1) is 21.6. The van der Waals surface area contributed by atoms with Crippen LogP contribution in [0.1, 0.15) is 40.0 Å². The first-order valence-corrected chi connectivity index (χ1v) is 10.9. The number of fused-ring (bicyclic) bond motifs is 2. The van der Waals surface area contributed by atoms with Crippen LogP contribution in [0.25, 0.3) is 22.3 Å². The van der Waals surface area contributed by atoms with Crippen molar-refractivity contribution in [2.75, 3.05) is 12.1 Å². The maximum Gasteiger partial charge on any atom is 0.337 e. The molecule has 2 N–H and O–H groups in total. The summed E-state index contributed by atoms with van der Waals surface area (Å²) in [6.07, 6.45) is 0. The van der Waals surface area contributed by atoms with Gasteiger partial charge in [0.2, 0.25) is 6.79 Å². The number of carboxylic acids is 1. The van der Waals surface area contributed by atoms with Gasteiger partial charge >= 0.3 is 5.97 Å². The average Bonchev–Trinajstić information content (AvgIpc) is 3.29. The molecule has 7 heteroatoms. The van der Waals surface area contributed by atoms with Crippen LogP contribution in [0.3, 0.4) is 0 Å². The van der Waals surface area contributed by atoms with Crippen molar-refractivity contribution in [1.82, 2.24) is 0 Å². The fraction of sp³-hybridized carbons (Fsp3) is 0.185. The van der Waals surface area contributed by atoms with Crippen LogP contribution in [0.15, 0.2) is 63.8 Å². The Morgan fingerprint density at radius 2 is 1.79 bits per heavy atom. The van der Waals surface area contributed by atoms with E-state index in [9.17, 15) is 14.7 Å². The zero-order valence-corrected chi connectivity index (χ0v) is 19.0. The predicted octanol–water partition coefficient (Wildman–Crippen LogP) is 5.68. The van der Waals surface area contributed by atoms with E-state index in [1.54, 1.807) is 43.3 Å². The fourth-order valence-corrected chi connectivity index (χ4v) is 4.31. The molecule has 0 amide bonds. The third-order valence-corrected chi connectivity index (χ3v) is 6.02. The van der Waals surface area contributed by atoms with Gasteiger partial charge in [-0.15, -0.1) is 0 Å². The van der Waals surface area contributed by atoms with Gasteiger partial charge in [-0.25, -0.2) is 4.79 Å². The number of para-hydroxylation sites is 1. The van der Waals surface area contributed by atoms with Crippen LogP contribution >= 0.6 is 0 Å². The number of anilines is 1. The summed E-state index contributed by atoms with van der Waals surface area (Å²) in [7, 11) is 0. The van der Waals surface area contributed by atoms with Crippen molar-refractivity contribution < 1.29 is 23.8 Å². The monoisotopic (exact) mass is 457 g/mol. The van der Waals surface area contributed by atoms with Crippen molar-refractivity contribution >= 4 is 22.6 Å². The van der Waals surface area contributed by atoms with E-state index in [0.717, 1.165) is 11.1 Å². The highest BCUT2D eigenvalue weighted by Crippen LogP contribution is 2.38. The Morgan fingerprint density at radius 3 is 2.59 bits per heavy atom. The van der Waals surface area contributed by atoms with Crippen molar-refractivity contribution in [3.63, 3.8) is 0 Å². The highest BCUT2D eigenvalue weighted by molar-refractivity contribution is 5.94. The predicted molar refractivity (Wildman–Crippen MR) is 129 cm³/mol. The molecule has 3 aromatic carbocycles. The van der Waals surface area contributed by atoms with Gasteiger partial charge in [-0.05, 0) is 62.7 Å². The molecule has 2 heterocycles. The number of aryl methyl sites for hydroxylation is 1. The van der Waals surface area contributed by atoms with E-state index in [-0.39, 0.29) is 23.8 Å². The summed E-state index contributed by atoms with van der Waals surface area (Å²) in [4.78, 5) is 25.0.